The zero-order valence-electron chi connectivity index (χ0n) is 13.1. The van der Waals surface area contributed by atoms with E-state index in [2.05, 4.69) is 10.6 Å². The van der Waals surface area contributed by atoms with Crippen LogP contribution in [0.15, 0.2) is 24.3 Å². The Balaban J connectivity index is 1.82. The number of halogens is 1. The van der Waals surface area contributed by atoms with Crippen LogP contribution in [0.4, 0.5) is 9.18 Å². The maximum absolute atomic E-state index is 12.9. The summed E-state index contributed by atoms with van der Waals surface area (Å²) in [5.41, 5.74) is 0.351. The zero-order chi connectivity index (χ0) is 16.8. The van der Waals surface area contributed by atoms with Crippen LogP contribution in [-0.4, -0.2) is 47.6 Å². The Hall–Kier alpha value is -2.15. The van der Waals surface area contributed by atoms with Gasteiger partial charge in [0.25, 0.3) is 5.91 Å². The van der Waals surface area contributed by atoms with Crippen LogP contribution in [-0.2, 0) is 4.79 Å². The second-order valence-corrected chi connectivity index (χ2v) is 5.56. The van der Waals surface area contributed by atoms with E-state index in [1.54, 1.807) is 4.90 Å². The summed E-state index contributed by atoms with van der Waals surface area (Å²) in [5.74, 6) is -0.924. The number of carbonyl (C=O) groups excluding carboxylic acids is 2. The number of aliphatic hydroxyl groups excluding tert-OH is 1. The first-order valence-electron chi connectivity index (χ1n) is 7.78. The minimum absolute atomic E-state index is 0.0803. The number of nitrogens with one attached hydrogen (secondary N) is 2. The van der Waals surface area contributed by atoms with Gasteiger partial charge >= 0.3 is 6.03 Å². The fourth-order valence-corrected chi connectivity index (χ4v) is 2.57. The SMILES string of the molecule is CCNC(=O)N1CCC(NC(=O)[C@H](O)c2ccc(F)cc2)CC1. The highest BCUT2D eigenvalue weighted by Gasteiger charge is 2.26. The maximum atomic E-state index is 12.9. The van der Waals surface area contributed by atoms with Gasteiger partial charge in [-0.3, -0.25) is 4.79 Å². The molecule has 0 radical (unpaired) electrons. The molecule has 0 saturated carbocycles. The van der Waals surface area contributed by atoms with E-state index in [0.717, 1.165) is 0 Å². The summed E-state index contributed by atoms with van der Waals surface area (Å²) in [7, 11) is 0. The highest BCUT2D eigenvalue weighted by atomic mass is 19.1. The molecule has 126 valence electrons. The van der Waals surface area contributed by atoms with Crippen molar-refractivity contribution in [2.75, 3.05) is 19.6 Å². The van der Waals surface area contributed by atoms with E-state index >= 15 is 0 Å². The van der Waals surface area contributed by atoms with E-state index in [1.165, 1.54) is 24.3 Å². The number of aliphatic hydroxyl groups is 1. The van der Waals surface area contributed by atoms with Gasteiger partial charge in [0.15, 0.2) is 6.10 Å². The minimum Gasteiger partial charge on any atom is -0.378 e. The van der Waals surface area contributed by atoms with E-state index < -0.39 is 17.8 Å². The molecule has 1 aliphatic heterocycles. The van der Waals surface area contributed by atoms with E-state index in [-0.39, 0.29) is 12.1 Å². The second kappa shape index (κ2) is 7.92. The Labute approximate surface area is 134 Å². The molecular weight excluding hydrogens is 301 g/mol. The van der Waals surface area contributed by atoms with Crippen LogP contribution in [0, 0.1) is 5.82 Å². The number of hydrogen-bond donors (Lipinski definition) is 3. The zero-order valence-corrected chi connectivity index (χ0v) is 13.1. The predicted octanol–water partition coefficient (Wildman–Crippen LogP) is 1.17. The van der Waals surface area contributed by atoms with Gasteiger partial charge in [-0.1, -0.05) is 12.1 Å². The lowest BCUT2D eigenvalue weighted by molar-refractivity contribution is -0.130. The Bertz CT molecular complexity index is 542. The average Bonchev–Trinajstić information content (AvgIpc) is 2.55. The number of urea groups is 1. The highest BCUT2D eigenvalue weighted by molar-refractivity contribution is 5.82. The molecule has 1 heterocycles. The summed E-state index contributed by atoms with van der Waals surface area (Å²) in [6.45, 7) is 3.56. The number of rotatable bonds is 4. The van der Waals surface area contributed by atoms with Crippen molar-refractivity contribution in [2.45, 2.75) is 31.9 Å². The minimum atomic E-state index is -1.32. The van der Waals surface area contributed by atoms with Crippen molar-refractivity contribution < 1.29 is 19.1 Å². The van der Waals surface area contributed by atoms with Crippen LogP contribution in [0.5, 0.6) is 0 Å². The Kier molecular flexibility index (Phi) is 5.92. The molecule has 1 saturated heterocycles. The molecule has 0 aliphatic carbocycles. The molecule has 1 fully saturated rings. The number of benzene rings is 1. The standard InChI is InChI=1S/C16H22FN3O3/c1-2-18-16(23)20-9-7-13(8-10-20)19-15(22)14(21)11-3-5-12(17)6-4-11/h3-6,13-14,21H,2,7-10H2,1H3,(H,18,23)(H,19,22)/t14-/m1/s1. The van der Waals surface area contributed by atoms with Crippen molar-refractivity contribution in [2.24, 2.45) is 0 Å². The molecule has 0 spiro atoms. The lowest BCUT2D eigenvalue weighted by atomic mass is 10.0. The van der Waals surface area contributed by atoms with Gasteiger partial charge in [-0.05, 0) is 37.5 Å². The van der Waals surface area contributed by atoms with Crippen molar-refractivity contribution >= 4 is 11.9 Å². The van der Waals surface area contributed by atoms with Crippen molar-refractivity contribution in [3.8, 4) is 0 Å². The summed E-state index contributed by atoms with van der Waals surface area (Å²) in [6.07, 6.45) is -0.0464. The topological polar surface area (TPSA) is 81.7 Å². The summed E-state index contributed by atoms with van der Waals surface area (Å²) in [5, 5.41) is 15.5. The molecule has 6 nitrogen and oxygen atoms in total. The lowest BCUT2D eigenvalue weighted by Gasteiger charge is -2.32. The first-order chi connectivity index (χ1) is 11.0. The molecule has 1 aliphatic rings. The predicted molar refractivity (Wildman–Crippen MR) is 83.2 cm³/mol. The molecule has 2 rings (SSSR count). The molecule has 3 amide bonds. The normalized spacial score (nSPS) is 16.7. The fourth-order valence-electron chi connectivity index (χ4n) is 2.57. The van der Waals surface area contributed by atoms with Gasteiger partial charge in [-0.25, -0.2) is 9.18 Å². The van der Waals surface area contributed by atoms with E-state index in [0.29, 0.717) is 38.0 Å². The lowest BCUT2D eigenvalue weighted by Crippen LogP contribution is -2.50. The van der Waals surface area contributed by atoms with Crippen LogP contribution in [0.25, 0.3) is 0 Å². The van der Waals surface area contributed by atoms with Crippen molar-refractivity contribution in [3.05, 3.63) is 35.6 Å². The number of piperidine rings is 1. The first kappa shape index (κ1) is 17.2. The van der Waals surface area contributed by atoms with E-state index in [9.17, 15) is 19.1 Å². The third-order valence-corrected chi connectivity index (χ3v) is 3.89. The molecule has 0 aromatic heterocycles. The molecule has 1 aromatic carbocycles. The summed E-state index contributed by atoms with van der Waals surface area (Å²) < 4.78 is 12.9. The largest absolute Gasteiger partial charge is 0.378 e. The van der Waals surface area contributed by atoms with Gasteiger partial charge in [0, 0.05) is 25.7 Å². The Morgan fingerprint density at radius 1 is 1.30 bits per heavy atom. The van der Waals surface area contributed by atoms with Gasteiger partial charge < -0.3 is 20.6 Å². The number of hydrogen-bond acceptors (Lipinski definition) is 3. The molecule has 1 aromatic rings. The molecule has 1 atom stereocenters. The van der Waals surface area contributed by atoms with Crippen LogP contribution in [0.3, 0.4) is 0 Å². The van der Waals surface area contributed by atoms with Crippen LogP contribution in [0.1, 0.15) is 31.4 Å². The van der Waals surface area contributed by atoms with Crippen LogP contribution >= 0.6 is 0 Å². The second-order valence-electron chi connectivity index (χ2n) is 5.56. The van der Waals surface area contributed by atoms with Crippen LogP contribution in [0.2, 0.25) is 0 Å². The molecule has 0 bridgehead atoms. The average molecular weight is 323 g/mol. The molecule has 23 heavy (non-hydrogen) atoms. The van der Waals surface area contributed by atoms with Crippen LogP contribution < -0.4 is 10.6 Å². The number of carbonyl (C=O) groups is 2. The fraction of sp³-hybridized carbons (Fsp3) is 0.500. The molecule has 3 N–H and O–H groups in total. The van der Waals surface area contributed by atoms with Crippen molar-refractivity contribution in [1.29, 1.82) is 0 Å². The quantitative estimate of drug-likeness (QED) is 0.778. The van der Waals surface area contributed by atoms with Crippen molar-refractivity contribution in [1.82, 2.24) is 15.5 Å². The third-order valence-electron chi connectivity index (χ3n) is 3.89. The highest BCUT2D eigenvalue weighted by Crippen LogP contribution is 2.16. The smallest absolute Gasteiger partial charge is 0.317 e. The van der Waals surface area contributed by atoms with Gasteiger partial charge in [0.05, 0.1) is 0 Å². The summed E-state index contributed by atoms with van der Waals surface area (Å²) in [4.78, 5) is 25.5. The molecule has 0 unspecified atom stereocenters. The Morgan fingerprint density at radius 2 is 1.91 bits per heavy atom. The maximum Gasteiger partial charge on any atom is 0.317 e. The van der Waals surface area contributed by atoms with Gasteiger partial charge in [0.2, 0.25) is 0 Å². The summed E-state index contributed by atoms with van der Waals surface area (Å²) in [6, 6.07) is 5.01. The Morgan fingerprint density at radius 3 is 2.48 bits per heavy atom. The van der Waals surface area contributed by atoms with E-state index in [1.807, 2.05) is 6.92 Å². The van der Waals surface area contributed by atoms with Gasteiger partial charge in [0.1, 0.15) is 5.82 Å². The van der Waals surface area contributed by atoms with Gasteiger partial charge in [-0.15, -0.1) is 0 Å². The molecule has 7 heteroatoms. The number of nitrogens with zero attached hydrogens (tertiary/aromatic N) is 1. The summed E-state index contributed by atoms with van der Waals surface area (Å²) >= 11 is 0. The van der Waals surface area contributed by atoms with E-state index in [4.69, 9.17) is 0 Å². The number of amides is 3. The number of likely N-dealkylation sites (tertiary alicyclic amines) is 1. The third kappa shape index (κ3) is 4.66. The first-order valence-corrected chi connectivity index (χ1v) is 7.78. The van der Waals surface area contributed by atoms with Gasteiger partial charge in [-0.2, -0.15) is 0 Å². The van der Waals surface area contributed by atoms with Crippen molar-refractivity contribution in [3.63, 3.8) is 0 Å². The molecular formula is C16H22FN3O3. The monoisotopic (exact) mass is 323 g/mol.